The standard InChI is InChI=1S/C11H15NO3.ClH/c1-14-9-5-7(8-3-4-12-8)6-10(15-2)11(9)13;/h5-6,8,12-13H,3-4H2,1-2H3;1H/t8-;/m0./s1. The maximum Gasteiger partial charge on any atom is 0.200 e. The normalized spacial score (nSPS) is 18.2. The second-order valence-electron chi connectivity index (χ2n) is 3.57. The Morgan fingerprint density at radius 2 is 1.75 bits per heavy atom. The lowest BCUT2D eigenvalue weighted by atomic mass is 9.97. The summed E-state index contributed by atoms with van der Waals surface area (Å²) in [6.45, 7) is 1.04. The van der Waals surface area contributed by atoms with Gasteiger partial charge in [-0.1, -0.05) is 0 Å². The molecule has 4 nitrogen and oxygen atoms in total. The zero-order chi connectivity index (χ0) is 10.8. The topological polar surface area (TPSA) is 50.7 Å². The molecule has 0 unspecified atom stereocenters. The number of hydrogen-bond acceptors (Lipinski definition) is 4. The Hall–Kier alpha value is -1.13. The molecule has 2 rings (SSSR count). The molecule has 1 heterocycles. The van der Waals surface area contributed by atoms with Crippen molar-refractivity contribution in [1.82, 2.24) is 5.32 Å². The number of hydrogen-bond donors (Lipinski definition) is 2. The van der Waals surface area contributed by atoms with Crippen molar-refractivity contribution in [3.8, 4) is 17.2 Å². The molecule has 0 amide bonds. The Kier molecular flexibility index (Phi) is 4.26. The zero-order valence-corrected chi connectivity index (χ0v) is 10.1. The third-order valence-corrected chi connectivity index (χ3v) is 2.73. The third kappa shape index (κ3) is 2.18. The van der Waals surface area contributed by atoms with Gasteiger partial charge in [0, 0.05) is 6.04 Å². The molecule has 1 aromatic rings. The van der Waals surface area contributed by atoms with E-state index in [1.165, 1.54) is 14.2 Å². The van der Waals surface area contributed by atoms with Crippen molar-refractivity contribution in [2.75, 3.05) is 20.8 Å². The minimum Gasteiger partial charge on any atom is -0.502 e. The predicted molar refractivity (Wildman–Crippen MR) is 63.8 cm³/mol. The molecular formula is C11H16ClNO3. The van der Waals surface area contributed by atoms with Gasteiger partial charge in [-0.2, -0.15) is 0 Å². The van der Waals surface area contributed by atoms with Crippen LogP contribution in [0.4, 0.5) is 0 Å². The molecule has 0 aromatic heterocycles. The van der Waals surface area contributed by atoms with E-state index in [4.69, 9.17) is 9.47 Å². The summed E-state index contributed by atoms with van der Waals surface area (Å²) in [6, 6.07) is 4.04. The molecule has 0 aliphatic carbocycles. The van der Waals surface area contributed by atoms with Crippen LogP contribution in [0.15, 0.2) is 12.1 Å². The van der Waals surface area contributed by atoms with Crippen molar-refractivity contribution in [3.63, 3.8) is 0 Å². The molecule has 2 N–H and O–H groups in total. The fourth-order valence-corrected chi connectivity index (χ4v) is 1.69. The number of aromatic hydroxyl groups is 1. The van der Waals surface area contributed by atoms with Crippen LogP contribution in [0.3, 0.4) is 0 Å². The van der Waals surface area contributed by atoms with Crippen LogP contribution in [-0.4, -0.2) is 25.9 Å². The highest BCUT2D eigenvalue weighted by Crippen LogP contribution is 2.40. The van der Waals surface area contributed by atoms with Crippen LogP contribution in [0.25, 0.3) is 0 Å². The van der Waals surface area contributed by atoms with Gasteiger partial charge in [-0.25, -0.2) is 0 Å². The number of methoxy groups -OCH3 is 2. The maximum absolute atomic E-state index is 9.72. The van der Waals surface area contributed by atoms with Gasteiger partial charge in [-0.05, 0) is 30.7 Å². The molecule has 1 aliphatic heterocycles. The molecule has 1 saturated heterocycles. The summed E-state index contributed by atoms with van der Waals surface area (Å²) in [5, 5.41) is 13.0. The molecular weight excluding hydrogens is 230 g/mol. The highest BCUT2D eigenvalue weighted by atomic mass is 35.5. The first-order chi connectivity index (χ1) is 7.26. The second-order valence-corrected chi connectivity index (χ2v) is 3.57. The van der Waals surface area contributed by atoms with Crippen LogP contribution in [0.5, 0.6) is 17.2 Å². The van der Waals surface area contributed by atoms with E-state index in [1.54, 1.807) is 0 Å². The minimum atomic E-state index is 0. The Bertz CT molecular complexity index is 341. The summed E-state index contributed by atoms with van der Waals surface area (Å²) in [6.07, 6.45) is 1.11. The van der Waals surface area contributed by atoms with E-state index < -0.39 is 0 Å². The van der Waals surface area contributed by atoms with Gasteiger partial charge in [-0.15, -0.1) is 12.4 Å². The molecule has 1 fully saturated rings. The van der Waals surface area contributed by atoms with Crippen LogP contribution in [0.1, 0.15) is 18.0 Å². The molecule has 0 saturated carbocycles. The number of phenolic OH excluding ortho intramolecular Hbond substituents is 1. The van der Waals surface area contributed by atoms with Crippen LogP contribution < -0.4 is 14.8 Å². The van der Waals surface area contributed by atoms with Crippen LogP contribution in [-0.2, 0) is 0 Å². The van der Waals surface area contributed by atoms with Gasteiger partial charge in [0.05, 0.1) is 14.2 Å². The molecule has 0 radical (unpaired) electrons. The lowest BCUT2D eigenvalue weighted by Gasteiger charge is -2.28. The van der Waals surface area contributed by atoms with Gasteiger partial charge >= 0.3 is 0 Å². The number of phenols is 1. The molecule has 1 atom stereocenters. The lowest BCUT2D eigenvalue weighted by Crippen LogP contribution is -2.34. The van der Waals surface area contributed by atoms with Crippen molar-refractivity contribution in [1.29, 1.82) is 0 Å². The van der Waals surface area contributed by atoms with Gasteiger partial charge in [0.1, 0.15) is 0 Å². The number of halogens is 1. The van der Waals surface area contributed by atoms with Gasteiger partial charge in [0.15, 0.2) is 11.5 Å². The predicted octanol–water partition coefficient (Wildman–Crippen LogP) is 1.87. The van der Waals surface area contributed by atoms with E-state index in [9.17, 15) is 5.11 Å². The van der Waals surface area contributed by atoms with Gasteiger partial charge in [-0.3, -0.25) is 0 Å². The zero-order valence-electron chi connectivity index (χ0n) is 9.32. The van der Waals surface area contributed by atoms with Crippen LogP contribution in [0.2, 0.25) is 0 Å². The van der Waals surface area contributed by atoms with Crippen molar-refractivity contribution in [2.45, 2.75) is 12.5 Å². The first-order valence-electron chi connectivity index (χ1n) is 4.94. The molecule has 0 spiro atoms. The van der Waals surface area contributed by atoms with Crippen molar-refractivity contribution >= 4 is 12.4 Å². The Labute approximate surface area is 101 Å². The average molecular weight is 246 g/mol. The van der Waals surface area contributed by atoms with Crippen molar-refractivity contribution < 1.29 is 14.6 Å². The summed E-state index contributed by atoms with van der Waals surface area (Å²) < 4.78 is 10.2. The first kappa shape index (κ1) is 12.9. The van der Waals surface area contributed by atoms with E-state index in [1.807, 2.05) is 12.1 Å². The largest absolute Gasteiger partial charge is 0.502 e. The second kappa shape index (κ2) is 5.27. The Balaban J connectivity index is 0.00000128. The van der Waals surface area contributed by atoms with Crippen LogP contribution >= 0.6 is 12.4 Å². The molecule has 90 valence electrons. The monoisotopic (exact) mass is 245 g/mol. The quantitative estimate of drug-likeness (QED) is 0.854. The molecule has 5 heteroatoms. The minimum absolute atomic E-state index is 0. The van der Waals surface area contributed by atoms with E-state index in [0.29, 0.717) is 17.5 Å². The number of rotatable bonds is 3. The number of benzene rings is 1. The highest BCUT2D eigenvalue weighted by molar-refractivity contribution is 5.85. The molecule has 1 aromatic carbocycles. The summed E-state index contributed by atoms with van der Waals surface area (Å²) in [4.78, 5) is 0. The summed E-state index contributed by atoms with van der Waals surface area (Å²) in [5.74, 6) is 0.971. The van der Waals surface area contributed by atoms with Crippen LogP contribution in [0, 0.1) is 0 Å². The number of ether oxygens (including phenoxy) is 2. The van der Waals surface area contributed by atoms with E-state index in [0.717, 1.165) is 18.5 Å². The third-order valence-electron chi connectivity index (χ3n) is 2.73. The van der Waals surface area contributed by atoms with Gasteiger partial charge < -0.3 is 19.9 Å². The van der Waals surface area contributed by atoms with Gasteiger partial charge in [0.25, 0.3) is 0 Å². The summed E-state index contributed by atoms with van der Waals surface area (Å²) >= 11 is 0. The van der Waals surface area contributed by atoms with E-state index >= 15 is 0 Å². The van der Waals surface area contributed by atoms with Gasteiger partial charge in [0.2, 0.25) is 5.75 Å². The molecule has 1 aliphatic rings. The smallest absolute Gasteiger partial charge is 0.200 e. The maximum atomic E-state index is 9.72. The van der Waals surface area contributed by atoms with Crippen molar-refractivity contribution in [3.05, 3.63) is 17.7 Å². The fraction of sp³-hybridized carbons (Fsp3) is 0.455. The molecule has 0 bridgehead atoms. The van der Waals surface area contributed by atoms with E-state index in [2.05, 4.69) is 5.32 Å². The lowest BCUT2D eigenvalue weighted by molar-refractivity contribution is 0.333. The van der Waals surface area contributed by atoms with E-state index in [-0.39, 0.29) is 18.2 Å². The first-order valence-corrected chi connectivity index (χ1v) is 4.94. The fourth-order valence-electron chi connectivity index (χ4n) is 1.69. The summed E-state index contributed by atoms with van der Waals surface area (Å²) in [7, 11) is 3.07. The average Bonchev–Trinajstić information content (AvgIpc) is 2.17. The molecule has 16 heavy (non-hydrogen) atoms. The van der Waals surface area contributed by atoms with Crippen molar-refractivity contribution in [2.24, 2.45) is 0 Å². The summed E-state index contributed by atoms with van der Waals surface area (Å²) in [5.41, 5.74) is 1.09. The Morgan fingerprint density at radius 1 is 1.25 bits per heavy atom. The Morgan fingerprint density at radius 3 is 2.06 bits per heavy atom. The SMILES string of the molecule is COc1cc([C@@H]2CCN2)cc(OC)c1O.Cl. The highest BCUT2D eigenvalue weighted by Gasteiger charge is 2.21. The number of nitrogens with one attached hydrogen (secondary N) is 1.